The van der Waals surface area contributed by atoms with Crippen molar-refractivity contribution < 1.29 is 4.74 Å². The highest BCUT2D eigenvalue weighted by Gasteiger charge is 2.20. The molecule has 2 fully saturated rings. The van der Waals surface area contributed by atoms with E-state index in [1.165, 1.54) is 32.2 Å². The largest absolute Gasteiger partial charge is 0.379 e. The van der Waals surface area contributed by atoms with E-state index in [4.69, 9.17) is 4.74 Å². The van der Waals surface area contributed by atoms with E-state index < -0.39 is 0 Å². The van der Waals surface area contributed by atoms with Gasteiger partial charge in [0, 0.05) is 52.4 Å². The van der Waals surface area contributed by atoms with Crippen LogP contribution >= 0.6 is 24.0 Å². The van der Waals surface area contributed by atoms with E-state index in [0.717, 1.165) is 64.5 Å². The second-order valence-corrected chi connectivity index (χ2v) is 7.49. The van der Waals surface area contributed by atoms with Crippen LogP contribution in [-0.4, -0.2) is 87.9 Å². The van der Waals surface area contributed by atoms with Gasteiger partial charge in [0.2, 0.25) is 0 Å². The third-order valence-corrected chi connectivity index (χ3v) is 5.43. The molecular weight excluding hydrogens is 441 g/mol. The molecule has 2 rings (SSSR count). The van der Waals surface area contributed by atoms with Crippen molar-refractivity contribution in [2.45, 2.75) is 45.6 Å². The molecule has 2 saturated heterocycles. The van der Waals surface area contributed by atoms with Crippen LogP contribution in [0.5, 0.6) is 0 Å². The van der Waals surface area contributed by atoms with E-state index in [9.17, 15) is 0 Å². The molecule has 2 aliphatic rings. The van der Waals surface area contributed by atoms with Gasteiger partial charge in [-0.15, -0.1) is 24.0 Å². The molecule has 2 N–H and O–H groups in total. The summed E-state index contributed by atoms with van der Waals surface area (Å²) in [6.45, 7) is 13.9. The summed E-state index contributed by atoms with van der Waals surface area (Å²) in [4.78, 5) is 9.51. The lowest BCUT2D eigenvalue weighted by molar-refractivity contribution is 0.0320. The number of halogens is 1. The van der Waals surface area contributed by atoms with Gasteiger partial charge in [0.1, 0.15) is 0 Å². The first kappa shape index (κ1) is 23.9. The molecule has 0 aliphatic carbocycles. The Bertz CT molecular complexity index is 390. The summed E-state index contributed by atoms with van der Waals surface area (Å²) >= 11 is 0. The third kappa shape index (κ3) is 8.71. The minimum atomic E-state index is 0. The second kappa shape index (κ2) is 14.0. The smallest absolute Gasteiger partial charge is 0.191 e. The molecule has 2 atom stereocenters. The number of likely N-dealkylation sites (tertiary alicyclic amines) is 1. The highest BCUT2D eigenvalue weighted by molar-refractivity contribution is 14.0. The molecule has 2 heterocycles. The summed E-state index contributed by atoms with van der Waals surface area (Å²) in [6, 6.07) is 0.777. The van der Waals surface area contributed by atoms with E-state index in [2.05, 4.69) is 39.3 Å². The Kier molecular flexibility index (Phi) is 12.8. The Morgan fingerprint density at radius 3 is 2.65 bits per heavy atom. The molecule has 6 nitrogen and oxygen atoms in total. The normalized spacial score (nSPS) is 24.0. The lowest BCUT2D eigenvalue weighted by Gasteiger charge is -2.35. The maximum Gasteiger partial charge on any atom is 0.191 e. The monoisotopic (exact) mass is 481 g/mol. The first-order valence-electron chi connectivity index (χ1n) is 10.2. The summed E-state index contributed by atoms with van der Waals surface area (Å²) in [5, 5.41) is 6.97. The van der Waals surface area contributed by atoms with Gasteiger partial charge in [-0.1, -0.05) is 20.3 Å². The second-order valence-electron chi connectivity index (χ2n) is 7.49. The van der Waals surface area contributed by atoms with Crippen molar-refractivity contribution >= 4 is 29.9 Å². The SMILES string of the molecule is CCC1CCCCN1CCNC(=NC)NCC(C)CN1CCOCC1.I. The Morgan fingerprint density at radius 1 is 1.19 bits per heavy atom. The van der Waals surface area contributed by atoms with Gasteiger partial charge < -0.3 is 15.4 Å². The van der Waals surface area contributed by atoms with Crippen LogP contribution in [0.2, 0.25) is 0 Å². The third-order valence-electron chi connectivity index (χ3n) is 5.43. The lowest BCUT2D eigenvalue weighted by atomic mass is 10.0. The van der Waals surface area contributed by atoms with E-state index in [-0.39, 0.29) is 24.0 Å². The maximum atomic E-state index is 5.42. The van der Waals surface area contributed by atoms with Gasteiger partial charge in [-0.2, -0.15) is 0 Å². The molecule has 0 spiro atoms. The Morgan fingerprint density at radius 2 is 1.96 bits per heavy atom. The van der Waals surface area contributed by atoms with Crippen LogP contribution < -0.4 is 10.6 Å². The standard InChI is InChI=1S/C19H39N5O.HI/c1-4-18-7-5-6-9-24(18)10-8-21-19(20-3)22-15-17(2)16-23-11-13-25-14-12-23;/h17-18H,4-16H2,1-3H3,(H2,20,21,22);1H. The summed E-state index contributed by atoms with van der Waals surface area (Å²) in [6.07, 6.45) is 5.38. The van der Waals surface area contributed by atoms with Gasteiger partial charge in [0.05, 0.1) is 13.2 Å². The van der Waals surface area contributed by atoms with Gasteiger partial charge in [0.15, 0.2) is 5.96 Å². The minimum Gasteiger partial charge on any atom is -0.379 e. The van der Waals surface area contributed by atoms with Gasteiger partial charge in [-0.3, -0.25) is 14.8 Å². The van der Waals surface area contributed by atoms with Gasteiger partial charge >= 0.3 is 0 Å². The van der Waals surface area contributed by atoms with E-state index in [1.807, 2.05) is 7.05 Å². The maximum absolute atomic E-state index is 5.42. The molecule has 2 unspecified atom stereocenters. The van der Waals surface area contributed by atoms with Crippen molar-refractivity contribution in [3.05, 3.63) is 0 Å². The highest BCUT2D eigenvalue weighted by atomic mass is 127. The van der Waals surface area contributed by atoms with Gasteiger partial charge in [-0.05, 0) is 31.7 Å². The number of piperidine rings is 1. The molecule has 7 heteroatoms. The van der Waals surface area contributed by atoms with Crippen molar-refractivity contribution in [3.8, 4) is 0 Å². The van der Waals surface area contributed by atoms with Crippen LogP contribution in [0.15, 0.2) is 4.99 Å². The highest BCUT2D eigenvalue weighted by Crippen LogP contribution is 2.18. The molecule has 0 amide bonds. The molecule has 0 bridgehead atoms. The number of nitrogens with one attached hydrogen (secondary N) is 2. The topological polar surface area (TPSA) is 52.1 Å². The zero-order valence-corrected chi connectivity index (χ0v) is 19.3. The molecule has 0 aromatic carbocycles. The summed E-state index contributed by atoms with van der Waals surface area (Å²) in [5.74, 6) is 1.53. The zero-order chi connectivity index (χ0) is 17.9. The zero-order valence-electron chi connectivity index (χ0n) is 17.0. The Labute approximate surface area is 177 Å². The van der Waals surface area contributed by atoms with Crippen molar-refractivity contribution in [3.63, 3.8) is 0 Å². The van der Waals surface area contributed by atoms with Crippen LogP contribution in [0.1, 0.15) is 39.5 Å². The number of aliphatic imine (C=N–C) groups is 1. The number of ether oxygens (including phenoxy) is 1. The molecule has 26 heavy (non-hydrogen) atoms. The van der Waals surface area contributed by atoms with Crippen molar-refractivity contribution in [2.24, 2.45) is 10.9 Å². The van der Waals surface area contributed by atoms with E-state index in [0.29, 0.717) is 5.92 Å². The fourth-order valence-corrected chi connectivity index (χ4v) is 3.92. The van der Waals surface area contributed by atoms with Crippen LogP contribution in [0, 0.1) is 5.92 Å². The van der Waals surface area contributed by atoms with Crippen molar-refractivity contribution in [1.82, 2.24) is 20.4 Å². The molecule has 0 aromatic heterocycles. The average molecular weight is 481 g/mol. The average Bonchev–Trinajstić information content (AvgIpc) is 2.65. The van der Waals surface area contributed by atoms with Crippen molar-refractivity contribution in [1.29, 1.82) is 0 Å². The lowest BCUT2D eigenvalue weighted by Crippen LogP contribution is -2.47. The van der Waals surface area contributed by atoms with Gasteiger partial charge in [-0.25, -0.2) is 0 Å². The van der Waals surface area contributed by atoms with Crippen molar-refractivity contribution in [2.75, 3.05) is 66.1 Å². The fraction of sp³-hybridized carbons (Fsp3) is 0.947. The minimum absolute atomic E-state index is 0. The van der Waals surface area contributed by atoms with Crippen LogP contribution in [-0.2, 0) is 4.74 Å². The number of hydrogen-bond acceptors (Lipinski definition) is 4. The number of morpholine rings is 1. The predicted octanol–water partition coefficient (Wildman–Crippen LogP) is 2.00. The summed E-state index contributed by atoms with van der Waals surface area (Å²) in [5.41, 5.74) is 0. The number of guanidine groups is 1. The van der Waals surface area contributed by atoms with Crippen LogP contribution in [0.3, 0.4) is 0 Å². The molecule has 154 valence electrons. The molecule has 0 saturated carbocycles. The molecule has 0 aromatic rings. The Hall–Kier alpha value is -0.120. The predicted molar refractivity (Wildman–Crippen MR) is 121 cm³/mol. The molecule has 0 radical (unpaired) electrons. The summed E-state index contributed by atoms with van der Waals surface area (Å²) in [7, 11) is 1.86. The number of hydrogen-bond donors (Lipinski definition) is 2. The summed E-state index contributed by atoms with van der Waals surface area (Å²) < 4.78 is 5.42. The number of rotatable bonds is 8. The Balaban J connectivity index is 0.00000338. The molecule has 2 aliphatic heterocycles. The first-order valence-corrected chi connectivity index (χ1v) is 10.2. The van der Waals surface area contributed by atoms with E-state index >= 15 is 0 Å². The number of nitrogens with zero attached hydrogens (tertiary/aromatic N) is 3. The van der Waals surface area contributed by atoms with Gasteiger partial charge in [0.25, 0.3) is 0 Å². The van der Waals surface area contributed by atoms with E-state index in [1.54, 1.807) is 0 Å². The van der Waals surface area contributed by atoms with Crippen LogP contribution in [0.25, 0.3) is 0 Å². The molecular formula is C19H40IN5O. The first-order chi connectivity index (χ1) is 12.2. The quantitative estimate of drug-likeness (QED) is 0.316. The fourth-order valence-electron chi connectivity index (χ4n) is 3.92. The van der Waals surface area contributed by atoms with Crippen LogP contribution in [0.4, 0.5) is 0 Å².